The molecular weight excluding hydrogens is 474 g/mol. The van der Waals surface area contributed by atoms with Crippen molar-refractivity contribution in [2.75, 3.05) is 42.9 Å². The second-order valence-corrected chi connectivity index (χ2v) is 10.1. The average molecular weight is 510 g/mol. The molecule has 0 atom stereocenters. The highest BCUT2D eigenvalue weighted by molar-refractivity contribution is 5.90. The molecule has 1 aromatic heterocycles. The molecule has 0 radical (unpaired) electrons. The number of aromatic nitrogens is 2. The van der Waals surface area contributed by atoms with Crippen LogP contribution in [0.25, 0.3) is 11.1 Å². The van der Waals surface area contributed by atoms with Crippen LogP contribution in [0.3, 0.4) is 0 Å². The number of piperazine rings is 1. The van der Waals surface area contributed by atoms with Gasteiger partial charge in [0.25, 0.3) is 0 Å². The molecule has 0 unspecified atom stereocenters. The predicted molar refractivity (Wildman–Crippen MR) is 150 cm³/mol. The fourth-order valence-electron chi connectivity index (χ4n) is 5.59. The highest BCUT2D eigenvalue weighted by Gasteiger charge is 2.37. The molecule has 2 fully saturated rings. The zero-order chi connectivity index (χ0) is 26.4. The van der Waals surface area contributed by atoms with E-state index in [1.54, 1.807) is 12.3 Å². The number of urea groups is 1. The van der Waals surface area contributed by atoms with Crippen LogP contribution in [0, 0.1) is 11.3 Å². The Morgan fingerprint density at radius 3 is 2.24 bits per heavy atom. The lowest BCUT2D eigenvalue weighted by molar-refractivity contribution is 0.209. The van der Waals surface area contributed by atoms with E-state index in [1.165, 1.54) is 5.69 Å². The molecule has 3 aromatic rings. The summed E-state index contributed by atoms with van der Waals surface area (Å²) in [5.74, 6) is 0.123. The topological polar surface area (TPSA) is 97.2 Å². The highest BCUT2D eigenvalue weighted by Crippen LogP contribution is 2.36. The summed E-state index contributed by atoms with van der Waals surface area (Å²) >= 11 is 0. The van der Waals surface area contributed by atoms with Crippen LogP contribution in [0.5, 0.6) is 0 Å². The van der Waals surface area contributed by atoms with Gasteiger partial charge in [0.05, 0.1) is 11.2 Å². The largest absolute Gasteiger partial charge is 0.369 e. The molecule has 1 aliphatic carbocycles. The molecule has 8 heteroatoms. The van der Waals surface area contributed by atoms with Gasteiger partial charge < -0.3 is 20.4 Å². The van der Waals surface area contributed by atoms with Crippen LogP contribution in [0.2, 0.25) is 0 Å². The summed E-state index contributed by atoms with van der Waals surface area (Å²) in [5, 5.41) is 15.4. The molecule has 196 valence electrons. The number of nitrogens with zero attached hydrogens (tertiary/aromatic N) is 5. The molecule has 2 amide bonds. The Morgan fingerprint density at radius 1 is 0.947 bits per heavy atom. The summed E-state index contributed by atoms with van der Waals surface area (Å²) in [6.45, 7) is 7.69. The number of likely N-dealkylation sites (N-methyl/N-ethyl adjacent to an activating group) is 1. The molecule has 0 bridgehead atoms. The number of benzene rings is 2. The van der Waals surface area contributed by atoms with Crippen molar-refractivity contribution in [3.8, 4) is 17.2 Å². The van der Waals surface area contributed by atoms with E-state index in [1.807, 2.05) is 30.3 Å². The van der Waals surface area contributed by atoms with Crippen molar-refractivity contribution in [1.82, 2.24) is 20.2 Å². The lowest BCUT2D eigenvalue weighted by Gasteiger charge is -2.37. The molecule has 1 aliphatic heterocycles. The van der Waals surface area contributed by atoms with Crippen LogP contribution in [-0.4, -0.2) is 53.6 Å². The Labute approximate surface area is 224 Å². The third-order valence-electron chi connectivity index (χ3n) is 7.83. The van der Waals surface area contributed by atoms with E-state index < -0.39 is 5.54 Å². The van der Waals surface area contributed by atoms with E-state index in [2.05, 4.69) is 61.6 Å². The lowest BCUT2D eigenvalue weighted by Crippen LogP contribution is -2.49. The fraction of sp³-hybridized carbons (Fsp3) is 0.400. The first kappa shape index (κ1) is 25.7. The fourth-order valence-corrected chi connectivity index (χ4v) is 5.59. The molecule has 5 rings (SSSR count). The van der Waals surface area contributed by atoms with Gasteiger partial charge in [-0.3, -0.25) is 0 Å². The van der Waals surface area contributed by atoms with E-state index in [-0.39, 0.29) is 11.9 Å². The van der Waals surface area contributed by atoms with Crippen LogP contribution in [0.4, 0.5) is 16.2 Å². The van der Waals surface area contributed by atoms with Crippen molar-refractivity contribution in [3.05, 3.63) is 72.3 Å². The molecule has 38 heavy (non-hydrogen) atoms. The molecule has 1 saturated carbocycles. The minimum absolute atomic E-state index is 0.123. The van der Waals surface area contributed by atoms with E-state index in [0.29, 0.717) is 5.69 Å². The van der Waals surface area contributed by atoms with Crippen molar-refractivity contribution >= 4 is 17.4 Å². The van der Waals surface area contributed by atoms with Crippen molar-refractivity contribution in [2.45, 2.75) is 44.6 Å². The Kier molecular flexibility index (Phi) is 7.85. The normalized spacial score (nSPS) is 17.4. The summed E-state index contributed by atoms with van der Waals surface area (Å²) in [5.41, 5.74) is 4.35. The molecule has 2 aliphatic rings. The quantitative estimate of drug-likeness (QED) is 0.478. The zero-order valence-corrected chi connectivity index (χ0v) is 22.0. The van der Waals surface area contributed by atoms with Gasteiger partial charge in [0.2, 0.25) is 5.82 Å². The molecule has 2 N–H and O–H groups in total. The maximum atomic E-state index is 13.1. The van der Waals surface area contributed by atoms with Gasteiger partial charge in [0, 0.05) is 43.8 Å². The molecule has 2 aromatic carbocycles. The summed E-state index contributed by atoms with van der Waals surface area (Å²) in [7, 11) is 0. The van der Waals surface area contributed by atoms with E-state index in [4.69, 9.17) is 0 Å². The average Bonchev–Trinajstić information content (AvgIpc) is 2.98. The number of carbonyl (C=O) groups is 1. The van der Waals surface area contributed by atoms with Gasteiger partial charge in [-0.15, -0.1) is 0 Å². The summed E-state index contributed by atoms with van der Waals surface area (Å²) in [4.78, 5) is 26.4. The minimum Gasteiger partial charge on any atom is -0.369 e. The second-order valence-electron chi connectivity index (χ2n) is 10.1. The highest BCUT2D eigenvalue weighted by atomic mass is 16.2. The number of nitriles is 1. The molecule has 0 spiro atoms. The Morgan fingerprint density at radius 2 is 1.61 bits per heavy atom. The van der Waals surface area contributed by atoms with Crippen LogP contribution in [0.1, 0.15) is 50.5 Å². The molecule has 8 nitrogen and oxygen atoms in total. The number of hydrogen-bond donors (Lipinski definition) is 2. The molecular formula is C30H35N7O. The van der Waals surface area contributed by atoms with Gasteiger partial charge >= 0.3 is 6.03 Å². The van der Waals surface area contributed by atoms with Crippen molar-refractivity contribution < 1.29 is 4.79 Å². The number of anilines is 2. The predicted octanol–water partition coefficient (Wildman–Crippen LogP) is 5.14. The SMILES string of the molecule is CCN1CCN(c2ccc(-c3ccc(NC(=O)NC4(c5ccnc(C#N)n5)CCCCC4)cc3)cc2)CC1. The van der Waals surface area contributed by atoms with Gasteiger partial charge in [-0.2, -0.15) is 5.26 Å². The monoisotopic (exact) mass is 509 g/mol. The first-order chi connectivity index (χ1) is 18.6. The summed E-state index contributed by atoms with van der Waals surface area (Å²) in [6.07, 6.45) is 6.27. The molecule has 2 heterocycles. The Balaban J connectivity index is 1.22. The number of nitrogens with one attached hydrogen (secondary N) is 2. The number of rotatable bonds is 6. The third kappa shape index (κ3) is 5.79. The summed E-state index contributed by atoms with van der Waals surface area (Å²) < 4.78 is 0. The first-order valence-corrected chi connectivity index (χ1v) is 13.6. The maximum Gasteiger partial charge on any atom is 0.319 e. The summed E-state index contributed by atoms with van der Waals surface area (Å²) in [6, 6.07) is 20.2. The maximum absolute atomic E-state index is 13.1. The van der Waals surface area contributed by atoms with E-state index in [0.717, 1.165) is 81.6 Å². The third-order valence-corrected chi connectivity index (χ3v) is 7.83. The van der Waals surface area contributed by atoms with Gasteiger partial charge in [0.15, 0.2) is 0 Å². The number of amides is 2. The lowest BCUT2D eigenvalue weighted by atomic mass is 9.79. The first-order valence-electron chi connectivity index (χ1n) is 13.6. The van der Waals surface area contributed by atoms with E-state index >= 15 is 0 Å². The van der Waals surface area contributed by atoms with E-state index in [9.17, 15) is 10.1 Å². The van der Waals surface area contributed by atoms with Gasteiger partial charge in [-0.25, -0.2) is 14.8 Å². The Hall–Kier alpha value is -3.96. The van der Waals surface area contributed by atoms with Crippen molar-refractivity contribution in [3.63, 3.8) is 0 Å². The van der Waals surface area contributed by atoms with Crippen LogP contribution < -0.4 is 15.5 Å². The minimum atomic E-state index is -0.595. The van der Waals surface area contributed by atoms with Crippen molar-refractivity contribution in [2.24, 2.45) is 0 Å². The number of hydrogen-bond acceptors (Lipinski definition) is 6. The van der Waals surface area contributed by atoms with Crippen molar-refractivity contribution in [1.29, 1.82) is 5.26 Å². The van der Waals surface area contributed by atoms with Crippen LogP contribution in [0.15, 0.2) is 60.8 Å². The van der Waals surface area contributed by atoms with Gasteiger partial charge in [-0.1, -0.05) is 50.5 Å². The Bertz CT molecular complexity index is 1270. The van der Waals surface area contributed by atoms with Crippen LogP contribution in [-0.2, 0) is 5.54 Å². The van der Waals surface area contributed by atoms with Gasteiger partial charge in [0.1, 0.15) is 6.07 Å². The van der Waals surface area contributed by atoms with Gasteiger partial charge in [-0.05, 0) is 60.8 Å². The second kappa shape index (κ2) is 11.6. The number of carbonyl (C=O) groups excluding carboxylic acids is 1. The molecule has 1 saturated heterocycles. The smallest absolute Gasteiger partial charge is 0.319 e. The zero-order valence-electron chi connectivity index (χ0n) is 22.0. The standard InChI is InChI=1S/C30H35N7O/c1-2-36-18-20-37(21-19-36)26-12-8-24(9-13-26)23-6-10-25(11-7-23)33-29(38)35-30(15-4-3-5-16-30)27-14-17-32-28(22-31)34-27/h6-14,17H,2-5,15-16,18-21H2,1H3,(H2,33,35,38). The van der Waals surface area contributed by atoms with Crippen LogP contribution >= 0.6 is 0 Å².